The number of methoxy groups -OCH3 is 2. The van der Waals surface area contributed by atoms with Crippen LogP contribution < -0.4 is 20.3 Å². The molecule has 0 spiro atoms. The Bertz CT molecular complexity index is 1030. The first kappa shape index (κ1) is 20.6. The first-order valence-electron chi connectivity index (χ1n) is 9.18. The predicted molar refractivity (Wildman–Crippen MR) is 119 cm³/mol. The van der Waals surface area contributed by atoms with Crippen LogP contribution >= 0.6 is 0 Å². The highest BCUT2D eigenvalue weighted by Crippen LogP contribution is 2.12. The Morgan fingerprint density at radius 3 is 1.93 bits per heavy atom. The maximum absolute atomic E-state index is 12.3. The molecular formula is C23H22N4O3. The Labute approximate surface area is 175 Å². The van der Waals surface area contributed by atoms with Crippen molar-refractivity contribution in [2.45, 2.75) is 0 Å². The smallest absolute Gasteiger partial charge is 0.271 e. The van der Waals surface area contributed by atoms with Gasteiger partial charge >= 0.3 is 0 Å². The number of hydrogen-bond acceptors (Lipinski definition) is 6. The number of hydrogen-bond donors (Lipinski definition) is 2. The minimum atomic E-state index is -0.317. The van der Waals surface area contributed by atoms with Gasteiger partial charge in [0, 0.05) is 5.56 Å². The van der Waals surface area contributed by atoms with Gasteiger partial charge < -0.3 is 9.47 Å². The van der Waals surface area contributed by atoms with Gasteiger partial charge in [-0.15, -0.1) is 0 Å². The van der Waals surface area contributed by atoms with Crippen molar-refractivity contribution in [3.8, 4) is 11.5 Å². The van der Waals surface area contributed by atoms with Crippen molar-refractivity contribution in [3.05, 3.63) is 89.5 Å². The van der Waals surface area contributed by atoms with Gasteiger partial charge in [-0.05, 0) is 77.9 Å². The summed E-state index contributed by atoms with van der Waals surface area (Å²) >= 11 is 0. The standard InChI is InChI=1S/C23H22N4O3/c1-29-21-10-6-17(7-11-21)15-24-26-20-5-3-4-19(14-20)23(28)27-25-16-18-8-12-22(30-2)13-9-18/h3-16,26H,1-2H3,(H,27,28)/b24-15+,25-16+. The van der Waals surface area contributed by atoms with Crippen molar-refractivity contribution in [2.24, 2.45) is 10.2 Å². The van der Waals surface area contributed by atoms with E-state index < -0.39 is 0 Å². The fraction of sp³-hybridized carbons (Fsp3) is 0.0870. The SMILES string of the molecule is COc1ccc(/C=N/NC(=O)c2cccc(N/N=C/c3ccc(OC)cc3)c2)cc1. The average molecular weight is 402 g/mol. The molecule has 7 nitrogen and oxygen atoms in total. The number of hydrazone groups is 2. The van der Waals surface area contributed by atoms with Gasteiger partial charge in [-0.1, -0.05) is 6.07 Å². The van der Waals surface area contributed by atoms with Gasteiger partial charge in [0.15, 0.2) is 0 Å². The number of carbonyl (C=O) groups excluding carboxylic acids is 1. The van der Waals surface area contributed by atoms with E-state index >= 15 is 0 Å². The second-order valence-electron chi connectivity index (χ2n) is 6.20. The Balaban J connectivity index is 1.56. The van der Waals surface area contributed by atoms with Gasteiger partial charge in [-0.25, -0.2) is 5.43 Å². The zero-order chi connectivity index (χ0) is 21.2. The molecule has 3 aromatic rings. The lowest BCUT2D eigenvalue weighted by Crippen LogP contribution is -2.17. The summed E-state index contributed by atoms with van der Waals surface area (Å²) in [6, 6.07) is 21.9. The van der Waals surface area contributed by atoms with Crippen molar-refractivity contribution in [3.63, 3.8) is 0 Å². The van der Waals surface area contributed by atoms with Gasteiger partial charge in [0.25, 0.3) is 5.91 Å². The molecule has 152 valence electrons. The molecule has 0 saturated carbocycles. The molecule has 0 saturated heterocycles. The lowest BCUT2D eigenvalue weighted by Gasteiger charge is -2.04. The van der Waals surface area contributed by atoms with Crippen LogP contribution in [-0.2, 0) is 0 Å². The van der Waals surface area contributed by atoms with Crippen molar-refractivity contribution in [1.82, 2.24) is 5.43 Å². The Morgan fingerprint density at radius 2 is 1.37 bits per heavy atom. The summed E-state index contributed by atoms with van der Waals surface area (Å²) in [7, 11) is 3.23. The molecule has 0 atom stereocenters. The van der Waals surface area contributed by atoms with Crippen molar-refractivity contribution < 1.29 is 14.3 Å². The van der Waals surface area contributed by atoms with Gasteiger partial charge in [0.2, 0.25) is 0 Å². The summed E-state index contributed by atoms with van der Waals surface area (Å²) in [5.74, 6) is 1.23. The van der Waals surface area contributed by atoms with E-state index in [-0.39, 0.29) is 5.91 Å². The van der Waals surface area contributed by atoms with Crippen LogP contribution in [0.1, 0.15) is 21.5 Å². The number of amides is 1. The topological polar surface area (TPSA) is 84.3 Å². The molecule has 0 fully saturated rings. The van der Waals surface area contributed by atoms with Crippen LogP contribution in [0.3, 0.4) is 0 Å². The summed E-state index contributed by atoms with van der Waals surface area (Å²) in [5.41, 5.74) is 8.35. The van der Waals surface area contributed by atoms with Crippen LogP contribution in [0.4, 0.5) is 5.69 Å². The fourth-order valence-corrected chi connectivity index (χ4v) is 2.52. The summed E-state index contributed by atoms with van der Waals surface area (Å²) in [5, 5.41) is 8.19. The van der Waals surface area contributed by atoms with E-state index in [1.54, 1.807) is 44.8 Å². The summed E-state index contributed by atoms with van der Waals surface area (Å²) in [4.78, 5) is 12.3. The first-order valence-corrected chi connectivity index (χ1v) is 9.18. The second kappa shape index (κ2) is 10.4. The highest BCUT2D eigenvalue weighted by atomic mass is 16.5. The van der Waals surface area contributed by atoms with Gasteiger partial charge in [-0.3, -0.25) is 10.2 Å². The maximum Gasteiger partial charge on any atom is 0.271 e. The van der Waals surface area contributed by atoms with Crippen LogP contribution in [0.2, 0.25) is 0 Å². The van der Waals surface area contributed by atoms with Crippen molar-refractivity contribution in [2.75, 3.05) is 19.6 Å². The Morgan fingerprint density at radius 1 is 0.800 bits per heavy atom. The van der Waals surface area contributed by atoms with Gasteiger partial charge in [-0.2, -0.15) is 10.2 Å². The lowest BCUT2D eigenvalue weighted by molar-refractivity contribution is 0.0955. The van der Waals surface area contributed by atoms with Crippen LogP contribution in [0.15, 0.2) is 83.0 Å². The molecule has 2 N–H and O–H groups in total. The van der Waals surface area contributed by atoms with E-state index in [2.05, 4.69) is 21.1 Å². The monoisotopic (exact) mass is 402 g/mol. The van der Waals surface area contributed by atoms with Gasteiger partial charge in [0.1, 0.15) is 11.5 Å². The zero-order valence-corrected chi connectivity index (χ0v) is 16.7. The largest absolute Gasteiger partial charge is 0.497 e. The predicted octanol–water partition coefficient (Wildman–Crippen LogP) is 3.91. The molecule has 0 bridgehead atoms. The van der Waals surface area contributed by atoms with Crippen LogP contribution in [-0.4, -0.2) is 32.6 Å². The normalized spacial score (nSPS) is 10.9. The molecule has 0 radical (unpaired) electrons. The number of anilines is 1. The molecule has 0 aliphatic carbocycles. The third-order valence-corrected chi connectivity index (χ3v) is 4.14. The van der Waals surface area contributed by atoms with Crippen molar-refractivity contribution in [1.29, 1.82) is 0 Å². The molecule has 3 aromatic carbocycles. The van der Waals surface area contributed by atoms with E-state index in [1.165, 1.54) is 0 Å². The second-order valence-corrected chi connectivity index (χ2v) is 6.20. The van der Waals surface area contributed by atoms with E-state index in [0.29, 0.717) is 11.3 Å². The molecular weight excluding hydrogens is 380 g/mol. The van der Waals surface area contributed by atoms with Gasteiger partial charge in [0.05, 0.1) is 32.3 Å². The van der Waals surface area contributed by atoms with E-state index in [4.69, 9.17) is 9.47 Å². The number of ether oxygens (including phenoxy) is 2. The van der Waals surface area contributed by atoms with Crippen molar-refractivity contribution >= 4 is 24.0 Å². The number of rotatable bonds is 8. The van der Waals surface area contributed by atoms with Crippen LogP contribution in [0, 0.1) is 0 Å². The molecule has 0 unspecified atom stereocenters. The Kier molecular flexibility index (Phi) is 7.16. The zero-order valence-electron chi connectivity index (χ0n) is 16.7. The fourth-order valence-electron chi connectivity index (χ4n) is 2.52. The first-order chi connectivity index (χ1) is 14.7. The number of carbonyl (C=O) groups is 1. The number of nitrogens with zero attached hydrogens (tertiary/aromatic N) is 2. The third-order valence-electron chi connectivity index (χ3n) is 4.14. The maximum atomic E-state index is 12.3. The molecule has 7 heteroatoms. The van der Waals surface area contributed by atoms with E-state index in [1.807, 2.05) is 54.6 Å². The van der Waals surface area contributed by atoms with Crippen LogP contribution in [0.5, 0.6) is 11.5 Å². The number of benzene rings is 3. The highest BCUT2D eigenvalue weighted by Gasteiger charge is 2.04. The molecule has 1 amide bonds. The molecule has 0 heterocycles. The molecule has 0 aromatic heterocycles. The summed E-state index contributed by atoms with van der Waals surface area (Å²) in [6.07, 6.45) is 3.25. The highest BCUT2D eigenvalue weighted by molar-refractivity contribution is 5.95. The minimum absolute atomic E-state index is 0.317. The lowest BCUT2D eigenvalue weighted by atomic mass is 10.2. The van der Waals surface area contributed by atoms with Crippen LogP contribution in [0.25, 0.3) is 0 Å². The summed E-state index contributed by atoms with van der Waals surface area (Å²) < 4.78 is 10.2. The average Bonchev–Trinajstić information content (AvgIpc) is 2.80. The molecule has 3 rings (SSSR count). The van der Waals surface area contributed by atoms with E-state index in [9.17, 15) is 4.79 Å². The Hall–Kier alpha value is -4.13. The summed E-state index contributed by atoms with van der Waals surface area (Å²) in [6.45, 7) is 0. The minimum Gasteiger partial charge on any atom is -0.497 e. The molecule has 0 aliphatic heterocycles. The molecule has 0 aliphatic rings. The number of nitrogens with one attached hydrogen (secondary N) is 2. The molecule has 30 heavy (non-hydrogen) atoms. The quantitative estimate of drug-likeness (QED) is 0.442. The van der Waals surface area contributed by atoms with E-state index in [0.717, 1.165) is 22.6 Å². The third kappa shape index (κ3) is 5.93.